The summed E-state index contributed by atoms with van der Waals surface area (Å²) in [6.07, 6.45) is -3.90. The molecule has 0 radical (unpaired) electrons. The first kappa shape index (κ1) is 19.7. The Balaban J connectivity index is 2.27. The average molecular weight is 377 g/mol. The van der Waals surface area contributed by atoms with Crippen molar-refractivity contribution in [2.24, 2.45) is 5.73 Å². The third-order valence-electron chi connectivity index (χ3n) is 3.74. The van der Waals surface area contributed by atoms with Gasteiger partial charge in [0, 0.05) is 6.54 Å². The minimum atomic E-state index is -4.25. The molecule has 1 atom stereocenters. The molecule has 138 valence electrons. The second-order valence-electron chi connectivity index (χ2n) is 6.06. The van der Waals surface area contributed by atoms with Gasteiger partial charge in [0.1, 0.15) is 5.82 Å². The Labute approximate surface area is 148 Å². The lowest BCUT2D eigenvalue weighted by Crippen LogP contribution is -2.33. The van der Waals surface area contributed by atoms with Gasteiger partial charge in [-0.1, -0.05) is 17.7 Å². The van der Waals surface area contributed by atoms with Crippen LogP contribution in [0.3, 0.4) is 0 Å². The molecular weight excluding hydrogens is 357 g/mol. The number of halogens is 4. The second-order valence-corrected chi connectivity index (χ2v) is 6.46. The molecule has 0 aliphatic heterocycles. The largest absolute Gasteiger partial charge is 0.401 e. The normalized spacial score (nSPS) is 13.6. The van der Waals surface area contributed by atoms with Crippen molar-refractivity contribution in [3.8, 4) is 0 Å². The predicted molar refractivity (Wildman–Crippen MR) is 91.8 cm³/mol. The predicted octanol–water partition coefficient (Wildman–Crippen LogP) is 2.95. The van der Waals surface area contributed by atoms with Gasteiger partial charge in [0.05, 0.1) is 28.5 Å². The number of alkyl halides is 3. The Kier molecular flexibility index (Phi) is 6.08. The van der Waals surface area contributed by atoms with Gasteiger partial charge in [0.25, 0.3) is 5.56 Å². The van der Waals surface area contributed by atoms with Crippen molar-refractivity contribution in [2.75, 3.05) is 20.1 Å². The molecule has 0 saturated carbocycles. The first-order chi connectivity index (χ1) is 11.6. The molecule has 2 N–H and O–H groups in total. The molecule has 1 aromatic carbocycles. The zero-order valence-corrected chi connectivity index (χ0v) is 14.7. The Hall–Kier alpha value is -1.64. The average Bonchev–Trinajstić information content (AvgIpc) is 2.47. The van der Waals surface area contributed by atoms with Crippen LogP contribution in [0.4, 0.5) is 13.2 Å². The van der Waals surface area contributed by atoms with Gasteiger partial charge < -0.3 is 5.73 Å². The third kappa shape index (κ3) is 4.93. The van der Waals surface area contributed by atoms with Crippen molar-refractivity contribution in [3.05, 3.63) is 39.4 Å². The van der Waals surface area contributed by atoms with Crippen molar-refractivity contribution in [1.82, 2.24) is 14.5 Å². The molecule has 5 nitrogen and oxygen atoms in total. The maximum atomic E-state index is 12.8. The Morgan fingerprint density at radius 1 is 1.40 bits per heavy atom. The Bertz CT molecular complexity index is 804. The van der Waals surface area contributed by atoms with E-state index in [0.29, 0.717) is 17.8 Å². The molecule has 0 amide bonds. The first-order valence-electron chi connectivity index (χ1n) is 7.80. The molecule has 0 bridgehead atoms. The summed E-state index contributed by atoms with van der Waals surface area (Å²) in [4.78, 5) is 18.3. The monoisotopic (exact) mass is 376 g/mol. The van der Waals surface area contributed by atoms with Crippen molar-refractivity contribution in [2.45, 2.75) is 32.1 Å². The van der Waals surface area contributed by atoms with E-state index in [1.807, 2.05) is 0 Å². The molecule has 0 aliphatic carbocycles. The molecule has 0 spiro atoms. The lowest BCUT2D eigenvalue weighted by molar-refractivity contribution is -0.143. The maximum Gasteiger partial charge on any atom is 0.401 e. The molecule has 0 aliphatic rings. The van der Waals surface area contributed by atoms with Crippen LogP contribution in [0.2, 0.25) is 5.02 Å². The van der Waals surface area contributed by atoms with Crippen LogP contribution in [-0.4, -0.2) is 40.8 Å². The molecule has 9 heteroatoms. The van der Waals surface area contributed by atoms with E-state index in [9.17, 15) is 18.0 Å². The smallest absolute Gasteiger partial charge is 0.322 e. The number of benzene rings is 1. The fourth-order valence-corrected chi connectivity index (χ4v) is 2.94. The minimum Gasteiger partial charge on any atom is -0.322 e. The van der Waals surface area contributed by atoms with E-state index in [4.69, 9.17) is 17.3 Å². The van der Waals surface area contributed by atoms with E-state index < -0.39 is 18.8 Å². The van der Waals surface area contributed by atoms with Gasteiger partial charge in [0.15, 0.2) is 0 Å². The van der Waals surface area contributed by atoms with E-state index in [1.54, 1.807) is 25.1 Å². The summed E-state index contributed by atoms with van der Waals surface area (Å²) in [6.45, 7) is 1.10. The van der Waals surface area contributed by atoms with Gasteiger partial charge in [-0.3, -0.25) is 14.3 Å². The van der Waals surface area contributed by atoms with Crippen LogP contribution in [-0.2, 0) is 6.54 Å². The molecule has 0 saturated heterocycles. The second kappa shape index (κ2) is 7.72. The van der Waals surface area contributed by atoms with Gasteiger partial charge in [-0.05, 0) is 39.1 Å². The Morgan fingerprint density at radius 2 is 2.08 bits per heavy atom. The molecular formula is C16H20ClF3N4O. The van der Waals surface area contributed by atoms with E-state index in [1.165, 1.54) is 11.6 Å². The molecule has 2 rings (SSSR count). The van der Waals surface area contributed by atoms with E-state index in [-0.39, 0.29) is 29.1 Å². The van der Waals surface area contributed by atoms with Crippen molar-refractivity contribution in [3.63, 3.8) is 0 Å². The van der Waals surface area contributed by atoms with Crippen LogP contribution >= 0.6 is 11.6 Å². The summed E-state index contributed by atoms with van der Waals surface area (Å²) in [7, 11) is 1.39. The summed E-state index contributed by atoms with van der Waals surface area (Å²) in [6, 6.07) is 4.47. The zero-order chi connectivity index (χ0) is 18.8. The summed E-state index contributed by atoms with van der Waals surface area (Å²) in [5.74, 6) is 0.387. The van der Waals surface area contributed by atoms with Crippen molar-refractivity contribution < 1.29 is 13.2 Å². The standard InChI is InChI=1S/C16H20ClF3N4O/c1-10(21)14-22-12-6-3-5-11(17)13(12)15(25)24(14)8-4-7-23(2)9-16(18,19)20/h3,5-6,10H,4,7-9,21H2,1-2H3. The highest BCUT2D eigenvalue weighted by atomic mass is 35.5. The quantitative estimate of drug-likeness (QED) is 0.841. The van der Waals surface area contributed by atoms with Crippen LogP contribution in [0.15, 0.2) is 23.0 Å². The van der Waals surface area contributed by atoms with Crippen LogP contribution in [0.25, 0.3) is 10.9 Å². The van der Waals surface area contributed by atoms with Gasteiger partial charge in [-0.2, -0.15) is 13.2 Å². The number of nitrogens with two attached hydrogens (primary N) is 1. The van der Waals surface area contributed by atoms with Gasteiger partial charge >= 0.3 is 6.18 Å². The Morgan fingerprint density at radius 3 is 2.68 bits per heavy atom. The number of hydrogen-bond acceptors (Lipinski definition) is 4. The molecule has 1 heterocycles. The number of nitrogens with zero attached hydrogens (tertiary/aromatic N) is 3. The lowest BCUT2D eigenvalue weighted by atomic mass is 10.2. The van der Waals surface area contributed by atoms with Crippen LogP contribution in [0.5, 0.6) is 0 Å². The topological polar surface area (TPSA) is 64.1 Å². The highest BCUT2D eigenvalue weighted by molar-refractivity contribution is 6.35. The molecule has 1 unspecified atom stereocenters. The minimum absolute atomic E-state index is 0.185. The molecule has 2 aromatic rings. The van der Waals surface area contributed by atoms with E-state index >= 15 is 0 Å². The summed E-state index contributed by atoms with van der Waals surface area (Å²) >= 11 is 6.11. The highest BCUT2D eigenvalue weighted by Gasteiger charge is 2.28. The third-order valence-corrected chi connectivity index (χ3v) is 4.06. The fraction of sp³-hybridized carbons (Fsp3) is 0.500. The first-order valence-corrected chi connectivity index (χ1v) is 8.18. The number of rotatable bonds is 6. The van der Waals surface area contributed by atoms with Crippen molar-refractivity contribution in [1.29, 1.82) is 0 Å². The van der Waals surface area contributed by atoms with E-state index in [0.717, 1.165) is 4.90 Å². The number of fused-ring (bicyclic) bond motifs is 1. The van der Waals surface area contributed by atoms with Gasteiger partial charge in [-0.25, -0.2) is 4.98 Å². The fourth-order valence-electron chi connectivity index (χ4n) is 2.69. The molecule has 1 aromatic heterocycles. The van der Waals surface area contributed by atoms with Crippen molar-refractivity contribution >= 4 is 22.5 Å². The zero-order valence-electron chi connectivity index (χ0n) is 14.0. The maximum absolute atomic E-state index is 12.8. The molecule has 25 heavy (non-hydrogen) atoms. The molecule has 0 fully saturated rings. The van der Waals surface area contributed by atoms with Crippen LogP contribution in [0, 0.1) is 0 Å². The SMILES string of the molecule is CC(N)c1nc2cccc(Cl)c2c(=O)n1CCCN(C)CC(F)(F)F. The summed E-state index contributed by atoms with van der Waals surface area (Å²) in [5.41, 5.74) is 6.03. The lowest BCUT2D eigenvalue weighted by Gasteiger charge is -2.20. The van der Waals surface area contributed by atoms with E-state index in [2.05, 4.69) is 4.98 Å². The van der Waals surface area contributed by atoms with Gasteiger partial charge in [-0.15, -0.1) is 0 Å². The summed E-state index contributed by atoms with van der Waals surface area (Å²) in [5, 5.41) is 0.575. The number of aromatic nitrogens is 2. The van der Waals surface area contributed by atoms with Crippen LogP contribution in [0.1, 0.15) is 25.2 Å². The number of hydrogen-bond donors (Lipinski definition) is 1. The summed E-state index contributed by atoms with van der Waals surface area (Å²) < 4.78 is 38.5. The van der Waals surface area contributed by atoms with Gasteiger partial charge in [0.2, 0.25) is 0 Å². The highest BCUT2D eigenvalue weighted by Crippen LogP contribution is 2.20. The van der Waals surface area contributed by atoms with Crippen LogP contribution < -0.4 is 11.3 Å².